The van der Waals surface area contributed by atoms with Gasteiger partial charge in [0, 0.05) is 32.7 Å². The summed E-state index contributed by atoms with van der Waals surface area (Å²) in [6.45, 7) is 5.62. The average Bonchev–Trinajstić information content (AvgIpc) is 2.46. The van der Waals surface area contributed by atoms with Crippen molar-refractivity contribution in [2.75, 3.05) is 32.7 Å². The number of hydrogen-bond acceptors (Lipinski definition) is 4. The molecule has 2 rings (SSSR count). The zero-order chi connectivity index (χ0) is 14.4. The highest BCUT2D eigenvalue weighted by molar-refractivity contribution is 5.67. The van der Waals surface area contributed by atoms with E-state index in [0.717, 1.165) is 18.7 Å². The summed E-state index contributed by atoms with van der Waals surface area (Å²) in [7, 11) is 0. The molecule has 1 N–H and O–H groups in total. The third kappa shape index (κ3) is 4.51. The van der Waals surface area contributed by atoms with Crippen molar-refractivity contribution in [2.24, 2.45) is 0 Å². The Labute approximate surface area is 119 Å². The van der Waals surface area contributed by atoms with Crippen LogP contribution in [0.25, 0.3) is 0 Å². The maximum absolute atomic E-state index is 11.9. The lowest BCUT2D eigenvalue weighted by molar-refractivity contribution is 0.0571. The SMILES string of the molecule is C[C@@H](O)CN1CCN(C(=O)OCc2ccccc2)CC1. The second kappa shape index (κ2) is 7.26. The summed E-state index contributed by atoms with van der Waals surface area (Å²) in [6, 6.07) is 9.67. The van der Waals surface area contributed by atoms with Gasteiger partial charge in [0.05, 0.1) is 6.10 Å². The van der Waals surface area contributed by atoms with Gasteiger partial charge in [-0.3, -0.25) is 4.90 Å². The van der Waals surface area contributed by atoms with Gasteiger partial charge in [-0.05, 0) is 12.5 Å². The van der Waals surface area contributed by atoms with Gasteiger partial charge in [0.15, 0.2) is 0 Å². The highest BCUT2D eigenvalue weighted by Gasteiger charge is 2.22. The third-order valence-electron chi connectivity index (χ3n) is 3.36. The van der Waals surface area contributed by atoms with Crippen molar-refractivity contribution in [3.8, 4) is 0 Å². The Morgan fingerprint density at radius 3 is 2.50 bits per heavy atom. The topological polar surface area (TPSA) is 53.0 Å². The second-order valence-electron chi connectivity index (χ2n) is 5.18. The molecule has 0 bridgehead atoms. The summed E-state index contributed by atoms with van der Waals surface area (Å²) in [6.07, 6.45) is -0.586. The highest BCUT2D eigenvalue weighted by atomic mass is 16.6. The van der Waals surface area contributed by atoms with E-state index in [1.807, 2.05) is 30.3 Å². The van der Waals surface area contributed by atoms with E-state index in [2.05, 4.69) is 4.90 Å². The fourth-order valence-electron chi connectivity index (χ4n) is 2.30. The van der Waals surface area contributed by atoms with Crippen molar-refractivity contribution >= 4 is 6.09 Å². The molecule has 1 aromatic carbocycles. The molecule has 1 atom stereocenters. The lowest BCUT2D eigenvalue weighted by Gasteiger charge is -2.34. The van der Waals surface area contributed by atoms with Crippen molar-refractivity contribution in [3.05, 3.63) is 35.9 Å². The zero-order valence-corrected chi connectivity index (χ0v) is 11.9. The van der Waals surface area contributed by atoms with Crippen LogP contribution in [0, 0.1) is 0 Å². The first-order chi connectivity index (χ1) is 9.65. The molecule has 0 radical (unpaired) electrons. The van der Waals surface area contributed by atoms with Gasteiger partial charge < -0.3 is 14.7 Å². The van der Waals surface area contributed by atoms with Crippen LogP contribution in [0.4, 0.5) is 4.79 Å². The predicted molar refractivity (Wildman–Crippen MR) is 76.3 cm³/mol. The summed E-state index contributed by atoms with van der Waals surface area (Å²) >= 11 is 0. The molecular weight excluding hydrogens is 256 g/mol. The number of carbonyl (C=O) groups is 1. The molecule has 1 aliphatic rings. The molecule has 0 spiro atoms. The minimum atomic E-state index is -0.327. The summed E-state index contributed by atoms with van der Waals surface area (Å²) in [4.78, 5) is 15.8. The number of β-amino-alcohol motifs (C(OH)–C–C–N with tert-alkyl or cyclic N) is 1. The van der Waals surface area contributed by atoms with E-state index < -0.39 is 0 Å². The molecule has 1 aromatic rings. The number of hydrogen-bond donors (Lipinski definition) is 1. The first-order valence-corrected chi connectivity index (χ1v) is 7.01. The number of nitrogens with zero attached hydrogens (tertiary/aromatic N) is 2. The van der Waals surface area contributed by atoms with Crippen molar-refractivity contribution in [3.63, 3.8) is 0 Å². The number of piperazine rings is 1. The van der Waals surface area contributed by atoms with Crippen LogP contribution in [-0.4, -0.2) is 59.8 Å². The van der Waals surface area contributed by atoms with Gasteiger partial charge in [0.1, 0.15) is 6.61 Å². The van der Waals surface area contributed by atoms with Crippen LogP contribution in [0.15, 0.2) is 30.3 Å². The van der Waals surface area contributed by atoms with Gasteiger partial charge in [0.2, 0.25) is 0 Å². The Hall–Kier alpha value is -1.59. The molecule has 1 aliphatic heterocycles. The van der Waals surface area contributed by atoms with Gasteiger partial charge in [-0.2, -0.15) is 0 Å². The van der Waals surface area contributed by atoms with Crippen molar-refractivity contribution in [1.82, 2.24) is 9.80 Å². The number of rotatable bonds is 4. The third-order valence-corrected chi connectivity index (χ3v) is 3.36. The normalized spacial score (nSPS) is 17.8. The first kappa shape index (κ1) is 14.8. The lowest BCUT2D eigenvalue weighted by Crippen LogP contribution is -2.50. The molecule has 1 heterocycles. The van der Waals surface area contributed by atoms with Crippen LogP contribution in [0.3, 0.4) is 0 Å². The molecule has 20 heavy (non-hydrogen) atoms. The van der Waals surface area contributed by atoms with E-state index in [1.54, 1.807) is 11.8 Å². The maximum Gasteiger partial charge on any atom is 0.410 e. The fourth-order valence-corrected chi connectivity index (χ4v) is 2.30. The number of ether oxygens (including phenoxy) is 1. The number of benzene rings is 1. The summed E-state index contributed by atoms with van der Waals surface area (Å²) < 4.78 is 5.30. The monoisotopic (exact) mass is 278 g/mol. The Bertz CT molecular complexity index is 414. The standard InChI is InChI=1S/C15H22N2O3/c1-13(18)11-16-7-9-17(10-8-16)15(19)20-12-14-5-3-2-4-6-14/h2-6,13,18H,7-12H2,1H3/t13-/m1/s1. The Morgan fingerprint density at radius 1 is 1.25 bits per heavy atom. The van der Waals surface area contributed by atoms with Gasteiger partial charge in [-0.15, -0.1) is 0 Å². The molecular formula is C15H22N2O3. The van der Waals surface area contributed by atoms with E-state index in [0.29, 0.717) is 26.2 Å². The van der Waals surface area contributed by atoms with E-state index in [1.165, 1.54) is 0 Å². The number of aliphatic hydroxyl groups is 1. The van der Waals surface area contributed by atoms with E-state index in [-0.39, 0.29) is 12.2 Å². The highest BCUT2D eigenvalue weighted by Crippen LogP contribution is 2.07. The largest absolute Gasteiger partial charge is 0.445 e. The van der Waals surface area contributed by atoms with Crippen molar-refractivity contribution < 1.29 is 14.6 Å². The molecule has 5 nitrogen and oxygen atoms in total. The van der Waals surface area contributed by atoms with E-state index >= 15 is 0 Å². The predicted octanol–water partition coefficient (Wildman–Crippen LogP) is 1.32. The van der Waals surface area contributed by atoms with Crippen LogP contribution >= 0.6 is 0 Å². The molecule has 1 saturated heterocycles. The number of aliphatic hydroxyl groups excluding tert-OH is 1. The number of carbonyl (C=O) groups excluding carboxylic acids is 1. The molecule has 5 heteroatoms. The van der Waals surface area contributed by atoms with Gasteiger partial charge >= 0.3 is 6.09 Å². The molecule has 110 valence electrons. The second-order valence-corrected chi connectivity index (χ2v) is 5.18. The Kier molecular flexibility index (Phi) is 5.38. The fraction of sp³-hybridized carbons (Fsp3) is 0.533. The van der Waals surface area contributed by atoms with Gasteiger partial charge in [-0.25, -0.2) is 4.79 Å². The van der Waals surface area contributed by atoms with Crippen molar-refractivity contribution in [1.29, 1.82) is 0 Å². The molecule has 0 saturated carbocycles. The smallest absolute Gasteiger partial charge is 0.410 e. The maximum atomic E-state index is 11.9. The molecule has 1 fully saturated rings. The van der Waals surface area contributed by atoms with Crippen LogP contribution in [0.1, 0.15) is 12.5 Å². The van der Waals surface area contributed by atoms with Crippen LogP contribution in [-0.2, 0) is 11.3 Å². The van der Waals surface area contributed by atoms with Crippen LogP contribution < -0.4 is 0 Å². The minimum absolute atomic E-state index is 0.259. The molecule has 0 aromatic heterocycles. The first-order valence-electron chi connectivity index (χ1n) is 7.01. The van der Waals surface area contributed by atoms with Gasteiger partial charge in [-0.1, -0.05) is 30.3 Å². The minimum Gasteiger partial charge on any atom is -0.445 e. The van der Waals surface area contributed by atoms with Crippen LogP contribution in [0.5, 0.6) is 0 Å². The summed E-state index contributed by atoms with van der Waals surface area (Å²) in [5.41, 5.74) is 0.994. The Morgan fingerprint density at radius 2 is 1.90 bits per heavy atom. The van der Waals surface area contributed by atoms with E-state index in [4.69, 9.17) is 4.74 Å². The molecule has 0 unspecified atom stereocenters. The number of amides is 1. The quantitative estimate of drug-likeness (QED) is 0.902. The van der Waals surface area contributed by atoms with Crippen LogP contribution in [0.2, 0.25) is 0 Å². The Balaban J connectivity index is 1.72. The molecule has 1 amide bonds. The van der Waals surface area contributed by atoms with E-state index in [9.17, 15) is 9.90 Å². The molecule has 0 aliphatic carbocycles. The summed E-state index contributed by atoms with van der Waals surface area (Å²) in [5.74, 6) is 0. The van der Waals surface area contributed by atoms with Gasteiger partial charge in [0.25, 0.3) is 0 Å². The average molecular weight is 278 g/mol. The lowest BCUT2D eigenvalue weighted by atomic mass is 10.2. The summed E-state index contributed by atoms with van der Waals surface area (Å²) in [5, 5.41) is 9.34. The zero-order valence-electron chi connectivity index (χ0n) is 11.9. The van der Waals surface area contributed by atoms with Crippen molar-refractivity contribution in [2.45, 2.75) is 19.6 Å².